The standard InChI is InChI=1S/C17H24O4S/c1-3-4-11-20-16(18)10-12-22-13-14(2)21-17(19)15-8-6-5-7-9-15/h5-9,14H,3-4,10-13H2,1-2H3. The lowest BCUT2D eigenvalue weighted by molar-refractivity contribution is -0.143. The summed E-state index contributed by atoms with van der Waals surface area (Å²) >= 11 is 1.59. The van der Waals surface area contributed by atoms with Crippen LogP contribution in [-0.4, -0.2) is 36.2 Å². The van der Waals surface area contributed by atoms with Crippen LogP contribution in [0.5, 0.6) is 0 Å². The smallest absolute Gasteiger partial charge is 0.338 e. The summed E-state index contributed by atoms with van der Waals surface area (Å²) in [4.78, 5) is 23.2. The van der Waals surface area contributed by atoms with E-state index >= 15 is 0 Å². The molecule has 1 aromatic rings. The van der Waals surface area contributed by atoms with Gasteiger partial charge in [-0.1, -0.05) is 31.5 Å². The summed E-state index contributed by atoms with van der Waals surface area (Å²) in [5.41, 5.74) is 0.554. The Balaban J connectivity index is 2.12. The largest absolute Gasteiger partial charge is 0.466 e. The van der Waals surface area contributed by atoms with E-state index < -0.39 is 0 Å². The SMILES string of the molecule is CCCCOC(=O)CCSCC(C)OC(=O)c1ccccc1. The number of esters is 2. The van der Waals surface area contributed by atoms with Gasteiger partial charge in [0.1, 0.15) is 6.10 Å². The quantitative estimate of drug-likeness (QED) is 0.485. The molecule has 122 valence electrons. The van der Waals surface area contributed by atoms with Crippen molar-refractivity contribution in [3.8, 4) is 0 Å². The first kappa shape index (κ1) is 18.6. The molecule has 0 N–H and O–H groups in total. The lowest BCUT2D eigenvalue weighted by Crippen LogP contribution is -2.17. The molecule has 0 fully saturated rings. The van der Waals surface area contributed by atoms with Crippen LogP contribution >= 0.6 is 11.8 Å². The van der Waals surface area contributed by atoms with E-state index in [2.05, 4.69) is 6.92 Å². The molecule has 0 radical (unpaired) electrons. The van der Waals surface area contributed by atoms with Crippen LogP contribution in [0.2, 0.25) is 0 Å². The first-order valence-corrected chi connectivity index (χ1v) is 8.78. The number of rotatable bonds is 10. The second-order valence-electron chi connectivity index (χ2n) is 4.98. The van der Waals surface area contributed by atoms with E-state index in [9.17, 15) is 9.59 Å². The van der Waals surface area contributed by atoms with Crippen LogP contribution in [-0.2, 0) is 14.3 Å². The van der Waals surface area contributed by atoms with Gasteiger partial charge in [-0.15, -0.1) is 0 Å². The molecule has 5 heteroatoms. The fraction of sp³-hybridized carbons (Fsp3) is 0.529. The van der Waals surface area contributed by atoms with Crippen LogP contribution in [0.15, 0.2) is 30.3 Å². The summed E-state index contributed by atoms with van der Waals surface area (Å²) in [7, 11) is 0. The maximum atomic E-state index is 11.8. The van der Waals surface area contributed by atoms with Gasteiger partial charge in [0, 0.05) is 11.5 Å². The van der Waals surface area contributed by atoms with Crippen molar-refractivity contribution in [1.82, 2.24) is 0 Å². The van der Waals surface area contributed by atoms with Crippen molar-refractivity contribution in [3.05, 3.63) is 35.9 Å². The molecular formula is C17H24O4S. The van der Waals surface area contributed by atoms with Gasteiger partial charge in [0.25, 0.3) is 0 Å². The predicted molar refractivity (Wildman–Crippen MR) is 89.1 cm³/mol. The summed E-state index contributed by atoms with van der Waals surface area (Å²) in [6.45, 7) is 4.42. The van der Waals surface area contributed by atoms with Gasteiger partial charge < -0.3 is 9.47 Å². The first-order chi connectivity index (χ1) is 10.6. The maximum absolute atomic E-state index is 11.8. The maximum Gasteiger partial charge on any atom is 0.338 e. The second kappa shape index (κ2) is 11.1. The second-order valence-corrected chi connectivity index (χ2v) is 6.13. The van der Waals surface area contributed by atoms with Crippen molar-refractivity contribution in [2.45, 2.75) is 39.2 Å². The number of hydrogen-bond acceptors (Lipinski definition) is 5. The van der Waals surface area contributed by atoms with Gasteiger partial charge in [0.05, 0.1) is 18.6 Å². The minimum absolute atomic E-state index is 0.158. The van der Waals surface area contributed by atoms with Gasteiger partial charge >= 0.3 is 11.9 Å². The molecule has 1 unspecified atom stereocenters. The number of benzene rings is 1. The zero-order valence-corrected chi connectivity index (χ0v) is 14.1. The number of carbonyl (C=O) groups excluding carboxylic acids is 2. The summed E-state index contributed by atoms with van der Waals surface area (Å²) in [5, 5.41) is 0. The zero-order valence-electron chi connectivity index (χ0n) is 13.2. The molecule has 0 bridgehead atoms. The highest BCUT2D eigenvalue weighted by Crippen LogP contribution is 2.10. The van der Waals surface area contributed by atoms with E-state index in [1.54, 1.807) is 36.0 Å². The monoisotopic (exact) mass is 324 g/mol. The van der Waals surface area contributed by atoms with Crippen molar-refractivity contribution < 1.29 is 19.1 Å². The summed E-state index contributed by atoms with van der Waals surface area (Å²) in [6.07, 6.45) is 2.14. The average molecular weight is 324 g/mol. The van der Waals surface area contributed by atoms with E-state index in [4.69, 9.17) is 9.47 Å². The topological polar surface area (TPSA) is 52.6 Å². The minimum atomic E-state index is -0.312. The number of ether oxygens (including phenoxy) is 2. The van der Waals surface area contributed by atoms with Gasteiger partial charge in [-0.05, 0) is 25.5 Å². The van der Waals surface area contributed by atoms with Gasteiger partial charge in [-0.25, -0.2) is 4.79 Å². The van der Waals surface area contributed by atoms with Crippen molar-refractivity contribution in [1.29, 1.82) is 0 Å². The highest BCUT2D eigenvalue weighted by molar-refractivity contribution is 7.99. The average Bonchev–Trinajstić information content (AvgIpc) is 2.52. The van der Waals surface area contributed by atoms with Crippen LogP contribution in [0.1, 0.15) is 43.5 Å². The number of carbonyl (C=O) groups is 2. The Morgan fingerprint density at radius 1 is 1.23 bits per heavy atom. The Kier molecular flexibility index (Phi) is 9.39. The molecule has 0 aliphatic heterocycles. The minimum Gasteiger partial charge on any atom is -0.466 e. The predicted octanol–water partition coefficient (Wildman–Crippen LogP) is 3.70. The van der Waals surface area contributed by atoms with Crippen molar-refractivity contribution >= 4 is 23.7 Å². The Hall–Kier alpha value is -1.49. The lowest BCUT2D eigenvalue weighted by atomic mass is 10.2. The Morgan fingerprint density at radius 3 is 2.64 bits per heavy atom. The Labute approximate surface area is 136 Å². The fourth-order valence-electron chi connectivity index (χ4n) is 1.67. The van der Waals surface area contributed by atoms with Gasteiger partial charge in [-0.2, -0.15) is 11.8 Å². The van der Waals surface area contributed by atoms with Gasteiger partial charge in [-0.3, -0.25) is 4.79 Å². The molecule has 0 aromatic heterocycles. The highest BCUT2D eigenvalue weighted by Gasteiger charge is 2.12. The molecular weight excluding hydrogens is 300 g/mol. The number of thioether (sulfide) groups is 1. The van der Waals surface area contributed by atoms with Crippen molar-refractivity contribution in [2.75, 3.05) is 18.1 Å². The molecule has 0 amide bonds. The van der Waals surface area contributed by atoms with Gasteiger partial charge in [0.15, 0.2) is 0 Å². The fourth-order valence-corrected chi connectivity index (χ4v) is 2.54. The summed E-state index contributed by atoms with van der Waals surface area (Å²) < 4.78 is 10.4. The van der Waals surface area contributed by atoms with Crippen LogP contribution < -0.4 is 0 Å². The molecule has 1 aromatic carbocycles. The van der Waals surface area contributed by atoms with Gasteiger partial charge in [0.2, 0.25) is 0 Å². The molecule has 0 spiro atoms. The molecule has 0 aliphatic carbocycles. The van der Waals surface area contributed by atoms with E-state index in [0.717, 1.165) is 12.8 Å². The van der Waals surface area contributed by atoms with E-state index in [1.165, 1.54) is 0 Å². The molecule has 4 nitrogen and oxygen atoms in total. The Morgan fingerprint density at radius 2 is 1.95 bits per heavy atom. The molecule has 1 rings (SSSR count). The molecule has 0 aliphatic rings. The third kappa shape index (κ3) is 8.08. The molecule has 22 heavy (non-hydrogen) atoms. The molecule has 0 saturated heterocycles. The third-order valence-electron chi connectivity index (χ3n) is 2.88. The van der Waals surface area contributed by atoms with E-state index in [1.807, 2.05) is 13.0 Å². The zero-order chi connectivity index (χ0) is 16.2. The van der Waals surface area contributed by atoms with E-state index in [0.29, 0.717) is 30.1 Å². The van der Waals surface area contributed by atoms with Crippen LogP contribution in [0.25, 0.3) is 0 Å². The first-order valence-electron chi connectivity index (χ1n) is 7.63. The van der Waals surface area contributed by atoms with Crippen molar-refractivity contribution in [3.63, 3.8) is 0 Å². The van der Waals surface area contributed by atoms with Crippen LogP contribution in [0.4, 0.5) is 0 Å². The third-order valence-corrected chi connectivity index (χ3v) is 4.08. The van der Waals surface area contributed by atoms with Crippen molar-refractivity contribution in [2.24, 2.45) is 0 Å². The number of hydrogen-bond donors (Lipinski definition) is 0. The summed E-state index contributed by atoms with van der Waals surface area (Å²) in [5.74, 6) is 0.876. The normalized spacial score (nSPS) is 11.7. The number of unbranched alkanes of at least 4 members (excludes halogenated alkanes) is 1. The molecule has 1 atom stereocenters. The lowest BCUT2D eigenvalue weighted by Gasteiger charge is -2.12. The van der Waals surface area contributed by atoms with E-state index in [-0.39, 0.29) is 18.0 Å². The van der Waals surface area contributed by atoms with Crippen LogP contribution in [0, 0.1) is 0 Å². The molecule has 0 heterocycles. The van der Waals surface area contributed by atoms with Crippen LogP contribution in [0.3, 0.4) is 0 Å². The Bertz CT molecular complexity index is 447. The highest BCUT2D eigenvalue weighted by atomic mass is 32.2. The summed E-state index contributed by atoms with van der Waals surface area (Å²) in [6, 6.07) is 8.93. The molecule has 0 saturated carbocycles.